The molecule has 0 saturated heterocycles. The molecule has 18 heavy (non-hydrogen) atoms. The van der Waals surface area contributed by atoms with Gasteiger partial charge in [-0.3, -0.25) is 0 Å². The summed E-state index contributed by atoms with van der Waals surface area (Å²) in [6.07, 6.45) is 1.57. The monoisotopic (exact) mass is 247 g/mol. The molecule has 0 fully saturated rings. The van der Waals surface area contributed by atoms with Crippen LogP contribution in [-0.2, 0) is 0 Å². The van der Waals surface area contributed by atoms with E-state index in [1.807, 2.05) is 0 Å². The van der Waals surface area contributed by atoms with Gasteiger partial charge in [-0.1, -0.05) is 12.1 Å². The molecule has 0 aliphatic carbocycles. The lowest BCUT2D eigenvalue weighted by atomic mass is 10.0. The van der Waals surface area contributed by atoms with Crippen LogP contribution in [0.15, 0.2) is 35.8 Å². The first-order valence-corrected chi connectivity index (χ1v) is 5.32. The number of aromatic hydroxyl groups is 2. The molecule has 2 amide bonds. The molecule has 1 atom stereocenters. The molecule has 4 N–H and O–H groups in total. The summed E-state index contributed by atoms with van der Waals surface area (Å²) in [5.74, 6) is -0.334. The summed E-state index contributed by atoms with van der Waals surface area (Å²) in [5.41, 5.74) is 6.30. The average molecular weight is 247 g/mol. The SMILES string of the molecule is C=CCN1C(=O)N=C(N)C1c1ccc(O)c(O)c1. The maximum atomic E-state index is 11.6. The standard InChI is InChI=1S/C12H13N3O3/c1-2-5-15-10(11(13)14-12(15)18)7-3-4-8(16)9(17)6-7/h2-4,6,10,16-17H,1,5H2,(H2,13,14,18). The lowest BCUT2D eigenvalue weighted by Gasteiger charge is -2.23. The highest BCUT2D eigenvalue weighted by atomic mass is 16.3. The molecular weight excluding hydrogens is 234 g/mol. The molecule has 1 unspecified atom stereocenters. The van der Waals surface area contributed by atoms with Crippen LogP contribution in [0.3, 0.4) is 0 Å². The lowest BCUT2D eigenvalue weighted by Crippen LogP contribution is -2.33. The Morgan fingerprint density at radius 3 is 2.78 bits per heavy atom. The van der Waals surface area contributed by atoms with Crippen molar-refractivity contribution < 1.29 is 15.0 Å². The van der Waals surface area contributed by atoms with Crippen LogP contribution in [0.2, 0.25) is 0 Å². The number of hydrogen-bond acceptors (Lipinski definition) is 4. The second-order valence-corrected chi connectivity index (χ2v) is 3.91. The van der Waals surface area contributed by atoms with Crippen molar-refractivity contribution in [3.63, 3.8) is 0 Å². The molecule has 0 saturated carbocycles. The van der Waals surface area contributed by atoms with Gasteiger partial charge in [-0.25, -0.2) is 4.79 Å². The van der Waals surface area contributed by atoms with Gasteiger partial charge in [0, 0.05) is 6.54 Å². The highest BCUT2D eigenvalue weighted by Gasteiger charge is 2.33. The second-order valence-electron chi connectivity index (χ2n) is 3.91. The molecule has 0 bridgehead atoms. The molecule has 1 aliphatic rings. The average Bonchev–Trinajstić information content (AvgIpc) is 2.59. The second kappa shape index (κ2) is 4.40. The molecule has 1 aromatic rings. The van der Waals surface area contributed by atoms with Crippen molar-refractivity contribution in [1.82, 2.24) is 4.90 Å². The Bertz CT molecular complexity index is 539. The Morgan fingerprint density at radius 1 is 1.44 bits per heavy atom. The van der Waals surface area contributed by atoms with E-state index in [0.29, 0.717) is 12.1 Å². The van der Waals surface area contributed by atoms with Gasteiger partial charge in [0.25, 0.3) is 0 Å². The Balaban J connectivity index is 2.40. The molecule has 0 spiro atoms. The number of carbonyl (C=O) groups is 1. The quantitative estimate of drug-likeness (QED) is 0.550. The van der Waals surface area contributed by atoms with E-state index in [2.05, 4.69) is 11.6 Å². The van der Waals surface area contributed by atoms with Gasteiger partial charge in [0.2, 0.25) is 0 Å². The fourth-order valence-corrected chi connectivity index (χ4v) is 1.89. The van der Waals surface area contributed by atoms with Crippen molar-refractivity contribution in [2.75, 3.05) is 6.54 Å². The van der Waals surface area contributed by atoms with Gasteiger partial charge in [-0.15, -0.1) is 6.58 Å². The zero-order chi connectivity index (χ0) is 13.3. The zero-order valence-corrected chi connectivity index (χ0v) is 9.58. The number of nitrogens with zero attached hydrogens (tertiary/aromatic N) is 2. The van der Waals surface area contributed by atoms with Crippen LogP contribution in [0, 0.1) is 0 Å². The van der Waals surface area contributed by atoms with E-state index in [4.69, 9.17) is 5.73 Å². The predicted octanol–water partition coefficient (Wildman–Crippen LogP) is 1.12. The molecule has 6 nitrogen and oxygen atoms in total. The number of aliphatic imine (C=N–C) groups is 1. The van der Waals surface area contributed by atoms with Crippen molar-refractivity contribution in [3.05, 3.63) is 36.4 Å². The van der Waals surface area contributed by atoms with Gasteiger partial charge in [0.15, 0.2) is 11.5 Å². The third-order valence-electron chi connectivity index (χ3n) is 2.70. The van der Waals surface area contributed by atoms with Crippen LogP contribution in [0.25, 0.3) is 0 Å². The van der Waals surface area contributed by atoms with Gasteiger partial charge < -0.3 is 20.8 Å². The number of phenols is 2. The van der Waals surface area contributed by atoms with Crippen molar-refractivity contribution >= 4 is 11.9 Å². The molecule has 94 valence electrons. The topological polar surface area (TPSA) is 99.2 Å². The zero-order valence-electron chi connectivity index (χ0n) is 9.58. The van der Waals surface area contributed by atoms with Gasteiger partial charge >= 0.3 is 6.03 Å². The van der Waals surface area contributed by atoms with Gasteiger partial charge in [0.1, 0.15) is 11.9 Å². The first kappa shape index (κ1) is 12.0. The van der Waals surface area contributed by atoms with Crippen molar-refractivity contribution in [3.8, 4) is 11.5 Å². The third-order valence-corrected chi connectivity index (χ3v) is 2.70. The number of nitrogens with two attached hydrogens (primary N) is 1. The van der Waals surface area contributed by atoms with Crippen molar-refractivity contribution in [1.29, 1.82) is 0 Å². The minimum Gasteiger partial charge on any atom is -0.504 e. The number of hydrogen-bond donors (Lipinski definition) is 3. The van der Waals surface area contributed by atoms with Crippen LogP contribution >= 0.6 is 0 Å². The van der Waals surface area contributed by atoms with Crippen LogP contribution in [0.1, 0.15) is 11.6 Å². The first-order chi connectivity index (χ1) is 8.54. The third kappa shape index (κ3) is 1.88. The highest BCUT2D eigenvalue weighted by molar-refractivity contribution is 6.03. The van der Waals surface area contributed by atoms with E-state index in [1.165, 1.54) is 17.0 Å². The summed E-state index contributed by atoms with van der Waals surface area (Å²) in [5, 5.41) is 18.7. The van der Waals surface area contributed by atoms with E-state index >= 15 is 0 Å². The fourth-order valence-electron chi connectivity index (χ4n) is 1.89. The van der Waals surface area contributed by atoms with Crippen molar-refractivity contribution in [2.45, 2.75) is 6.04 Å². The van der Waals surface area contributed by atoms with Crippen LogP contribution in [0.4, 0.5) is 4.79 Å². The maximum absolute atomic E-state index is 11.6. The first-order valence-electron chi connectivity index (χ1n) is 5.32. The smallest absolute Gasteiger partial charge is 0.346 e. The number of benzene rings is 1. The van der Waals surface area contributed by atoms with Crippen molar-refractivity contribution in [2.24, 2.45) is 10.7 Å². The van der Waals surface area contributed by atoms with Crippen LogP contribution in [-0.4, -0.2) is 33.5 Å². The summed E-state index contributed by atoms with van der Waals surface area (Å²) in [6.45, 7) is 3.87. The molecule has 1 aromatic carbocycles. The minimum atomic E-state index is -0.540. The number of urea groups is 1. The minimum absolute atomic E-state index is 0.159. The van der Waals surface area contributed by atoms with Gasteiger partial charge in [-0.2, -0.15) is 4.99 Å². The predicted molar refractivity (Wildman–Crippen MR) is 66.4 cm³/mol. The molecule has 1 heterocycles. The largest absolute Gasteiger partial charge is 0.504 e. The normalized spacial score (nSPS) is 18.9. The Hall–Kier alpha value is -2.50. The lowest BCUT2D eigenvalue weighted by molar-refractivity contribution is 0.212. The van der Waals surface area contributed by atoms with Gasteiger partial charge in [-0.05, 0) is 17.7 Å². The molecule has 0 aromatic heterocycles. The number of amides is 2. The summed E-state index contributed by atoms with van der Waals surface area (Å²) in [4.78, 5) is 16.7. The van der Waals surface area contributed by atoms with E-state index in [1.54, 1.807) is 12.1 Å². The van der Waals surface area contributed by atoms with Crippen LogP contribution < -0.4 is 5.73 Å². The number of amidine groups is 1. The van der Waals surface area contributed by atoms with Crippen LogP contribution in [0.5, 0.6) is 11.5 Å². The molecule has 2 rings (SSSR count). The van der Waals surface area contributed by atoms with E-state index in [9.17, 15) is 15.0 Å². The summed E-state index contributed by atoms with van der Waals surface area (Å²) < 4.78 is 0. The number of phenolic OH excluding ortho intramolecular Hbond substituents is 2. The Morgan fingerprint density at radius 2 is 2.17 bits per heavy atom. The summed E-state index contributed by atoms with van der Waals surface area (Å²) >= 11 is 0. The Kier molecular flexibility index (Phi) is 2.93. The highest BCUT2D eigenvalue weighted by Crippen LogP contribution is 2.32. The Labute approximate surface area is 104 Å². The maximum Gasteiger partial charge on any atom is 0.346 e. The molecular formula is C12H13N3O3. The summed E-state index contributed by atoms with van der Waals surface area (Å²) in [7, 11) is 0. The fraction of sp³-hybridized carbons (Fsp3) is 0.167. The molecule has 0 radical (unpaired) electrons. The molecule has 6 heteroatoms. The van der Waals surface area contributed by atoms with E-state index < -0.39 is 12.1 Å². The van der Waals surface area contributed by atoms with Gasteiger partial charge in [0.05, 0.1) is 0 Å². The summed E-state index contributed by atoms with van der Waals surface area (Å²) in [6, 6.07) is 3.30. The molecule has 1 aliphatic heterocycles. The number of rotatable bonds is 3. The van der Waals surface area contributed by atoms with E-state index in [-0.39, 0.29) is 17.3 Å². The number of carbonyl (C=O) groups excluding carboxylic acids is 1. The van der Waals surface area contributed by atoms with E-state index in [0.717, 1.165) is 0 Å².